The van der Waals surface area contributed by atoms with Crippen LogP contribution in [0.2, 0.25) is 0 Å². The molecule has 0 spiro atoms. The molecule has 0 atom stereocenters. The molecular formula is C13H11N5O2S2. The van der Waals surface area contributed by atoms with Gasteiger partial charge in [0.2, 0.25) is 0 Å². The minimum atomic E-state index is -0.634. The van der Waals surface area contributed by atoms with E-state index in [1.165, 1.54) is 22.7 Å². The van der Waals surface area contributed by atoms with Crippen molar-refractivity contribution in [1.82, 2.24) is 15.0 Å². The molecule has 0 bridgehead atoms. The van der Waals surface area contributed by atoms with E-state index in [1.54, 1.807) is 29.4 Å². The topological polar surface area (TPSA) is 89.0 Å². The second-order valence-corrected chi connectivity index (χ2v) is 6.04. The lowest BCUT2D eigenvalue weighted by atomic mass is 10.4. The van der Waals surface area contributed by atoms with Crippen molar-refractivity contribution >= 4 is 45.3 Å². The summed E-state index contributed by atoms with van der Waals surface area (Å²) >= 11 is 2.77. The second-order valence-electron chi connectivity index (χ2n) is 4.12. The van der Waals surface area contributed by atoms with Crippen molar-refractivity contribution in [3.05, 3.63) is 40.4 Å². The predicted molar refractivity (Wildman–Crippen MR) is 86.1 cm³/mol. The van der Waals surface area contributed by atoms with Crippen LogP contribution in [0.5, 0.6) is 5.88 Å². The standard InChI is InChI=1S/C13H11N5O2S2/c1-8-16-10(6-21-8)18-13(19)20-11-12(22-7-15-11)17-9-3-2-4-14-5-9/h2-7,17H,1H3,(H,18,19). The number of carbonyl (C=O) groups excluding carboxylic acids is 1. The van der Waals surface area contributed by atoms with Crippen LogP contribution in [0.15, 0.2) is 35.4 Å². The fourth-order valence-electron chi connectivity index (χ4n) is 1.60. The summed E-state index contributed by atoms with van der Waals surface area (Å²) < 4.78 is 5.20. The Labute approximate surface area is 134 Å². The van der Waals surface area contributed by atoms with Crippen LogP contribution >= 0.6 is 22.7 Å². The number of anilines is 3. The average molecular weight is 333 g/mol. The zero-order valence-corrected chi connectivity index (χ0v) is 13.1. The number of rotatable bonds is 4. The number of pyridine rings is 1. The molecular weight excluding hydrogens is 322 g/mol. The van der Waals surface area contributed by atoms with E-state index in [-0.39, 0.29) is 5.88 Å². The van der Waals surface area contributed by atoms with E-state index < -0.39 is 6.09 Å². The van der Waals surface area contributed by atoms with Gasteiger partial charge in [0.15, 0.2) is 5.00 Å². The summed E-state index contributed by atoms with van der Waals surface area (Å²) in [6.07, 6.45) is 2.71. The molecule has 0 fully saturated rings. The summed E-state index contributed by atoms with van der Waals surface area (Å²) in [7, 11) is 0. The van der Waals surface area contributed by atoms with Crippen LogP contribution in [0.25, 0.3) is 0 Å². The molecule has 0 saturated heterocycles. The largest absolute Gasteiger partial charge is 0.419 e. The first-order valence-electron chi connectivity index (χ1n) is 6.22. The Morgan fingerprint density at radius 1 is 1.36 bits per heavy atom. The number of nitrogens with one attached hydrogen (secondary N) is 2. The van der Waals surface area contributed by atoms with Crippen molar-refractivity contribution < 1.29 is 9.53 Å². The zero-order valence-electron chi connectivity index (χ0n) is 11.4. The number of thiazole rings is 2. The molecule has 3 aromatic heterocycles. The van der Waals surface area contributed by atoms with Crippen LogP contribution < -0.4 is 15.4 Å². The summed E-state index contributed by atoms with van der Waals surface area (Å²) in [6, 6.07) is 3.66. The lowest BCUT2D eigenvalue weighted by Gasteiger charge is -2.06. The highest BCUT2D eigenvalue weighted by atomic mass is 32.1. The van der Waals surface area contributed by atoms with Crippen LogP contribution in [0.3, 0.4) is 0 Å². The second kappa shape index (κ2) is 6.50. The number of amides is 1. The van der Waals surface area contributed by atoms with Gasteiger partial charge in [0.05, 0.1) is 22.4 Å². The van der Waals surface area contributed by atoms with E-state index >= 15 is 0 Å². The summed E-state index contributed by atoms with van der Waals surface area (Å²) in [5.41, 5.74) is 2.38. The first kappa shape index (κ1) is 14.4. The Hall–Kier alpha value is -2.52. The van der Waals surface area contributed by atoms with Crippen molar-refractivity contribution in [2.45, 2.75) is 6.92 Å². The lowest BCUT2D eigenvalue weighted by Crippen LogP contribution is -2.17. The Morgan fingerprint density at radius 3 is 3.00 bits per heavy atom. The monoisotopic (exact) mass is 333 g/mol. The van der Waals surface area contributed by atoms with Gasteiger partial charge < -0.3 is 10.1 Å². The van der Waals surface area contributed by atoms with Gasteiger partial charge in [-0.25, -0.2) is 14.8 Å². The van der Waals surface area contributed by atoms with Crippen LogP contribution in [-0.4, -0.2) is 21.0 Å². The molecule has 0 aliphatic heterocycles. The molecule has 7 nitrogen and oxygen atoms in total. The molecule has 9 heteroatoms. The highest BCUT2D eigenvalue weighted by molar-refractivity contribution is 7.14. The molecule has 0 saturated carbocycles. The maximum Gasteiger partial charge on any atom is 0.419 e. The van der Waals surface area contributed by atoms with Crippen molar-refractivity contribution in [1.29, 1.82) is 0 Å². The Bertz CT molecular complexity index is 772. The van der Waals surface area contributed by atoms with Gasteiger partial charge in [0, 0.05) is 11.6 Å². The predicted octanol–water partition coefficient (Wildman–Crippen LogP) is 3.66. The third-order valence-electron chi connectivity index (χ3n) is 2.49. The molecule has 3 rings (SSSR count). The molecule has 22 heavy (non-hydrogen) atoms. The number of carbonyl (C=O) groups is 1. The Balaban J connectivity index is 1.66. The van der Waals surface area contributed by atoms with E-state index in [0.29, 0.717) is 10.8 Å². The van der Waals surface area contributed by atoms with Gasteiger partial charge in [-0.15, -0.1) is 22.7 Å². The van der Waals surface area contributed by atoms with Gasteiger partial charge in [-0.1, -0.05) is 0 Å². The quantitative estimate of drug-likeness (QED) is 0.757. The Morgan fingerprint density at radius 2 is 2.27 bits per heavy atom. The van der Waals surface area contributed by atoms with Crippen molar-refractivity contribution in [2.24, 2.45) is 0 Å². The molecule has 0 aliphatic carbocycles. The molecule has 2 N–H and O–H groups in total. The van der Waals surface area contributed by atoms with E-state index in [1.807, 2.05) is 13.0 Å². The van der Waals surface area contributed by atoms with Crippen molar-refractivity contribution in [3.8, 4) is 5.88 Å². The molecule has 0 radical (unpaired) electrons. The normalized spacial score (nSPS) is 10.2. The maximum absolute atomic E-state index is 11.8. The SMILES string of the molecule is Cc1nc(NC(=O)Oc2ncsc2Nc2cccnc2)cs1. The number of nitrogens with zero attached hydrogens (tertiary/aromatic N) is 3. The summed E-state index contributed by atoms with van der Waals surface area (Å²) in [5.74, 6) is 0.669. The summed E-state index contributed by atoms with van der Waals surface area (Å²) in [5, 5.41) is 8.88. The minimum absolute atomic E-state index is 0.207. The number of ether oxygens (including phenoxy) is 1. The fraction of sp³-hybridized carbons (Fsp3) is 0.0769. The van der Waals surface area contributed by atoms with Gasteiger partial charge >= 0.3 is 6.09 Å². The molecule has 0 aliphatic rings. The van der Waals surface area contributed by atoms with Crippen LogP contribution in [0, 0.1) is 6.92 Å². The van der Waals surface area contributed by atoms with Crippen molar-refractivity contribution in [3.63, 3.8) is 0 Å². The van der Waals surface area contributed by atoms with Crippen LogP contribution in [-0.2, 0) is 0 Å². The van der Waals surface area contributed by atoms with E-state index in [2.05, 4.69) is 25.6 Å². The molecule has 3 heterocycles. The van der Waals surface area contributed by atoms with Gasteiger partial charge in [-0.2, -0.15) is 0 Å². The number of aromatic nitrogens is 3. The smallest absolute Gasteiger partial charge is 0.388 e. The van der Waals surface area contributed by atoms with Crippen molar-refractivity contribution in [2.75, 3.05) is 10.6 Å². The van der Waals surface area contributed by atoms with Gasteiger partial charge in [-0.05, 0) is 19.1 Å². The Kier molecular flexibility index (Phi) is 4.26. The highest BCUT2D eigenvalue weighted by Gasteiger charge is 2.14. The number of hydrogen-bond acceptors (Lipinski definition) is 8. The molecule has 0 aromatic carbocycles. The van der Waals surface area contributed by atoms with Gasteiger partial charge in [0.1, 0.15) is 5.82 Å². The third-order valence-corrected chi connectivity index (χ3v) is 3.99. The first-order chi connectivity index (χ1) is 10.7. The fourth-order valence-corrected chi connectivity index (χ4v) is 2.77. The van der Waals surface area contributed by atoms with Gasteiger partial charge in [-0.3, -0.25) is 10.3 Å². The lowest BCUT2D eigenvalue weighted by molar-refractivity contribution is 0.214. The van der Waals surface area contributed by atoms with Crippen LogP contribution in [0.4, 0.5) is 21.3 Å². The van der Waals surface area contributed by atoms with E-state index in [0.717, 1.165) is 10.7 Å². The molecule has 3 aromatic rings. The number of hydrogen-bond donors (Lipinski definition) is 2. The summed E-state index contributed by atoms with van der Waals surface area (Å²) in [4.78, 5) is 24.0. The average Bonchev–Trinajstić information content (AvgIpc) is 3.10. The molecule has 112 valence electrons. The highest BCUT2D eigenvalue weighted by Crippen LogP contribution is 2.30. The van der Waals surface area contributed by atoms with Gasteiger partial charge in [0.25, 0.3) is 5.88 Å². The first-order valence-corrected chi connectivity index (χ1v) is 7.98. The van der Waals surface area contributed by atoms with Crippen LogP contribution in [0.1, 0.15) is 5.01 Å². The van der Waals surface area contributed by atoms with E-state index in [4.69, 9.17) is 4.74 Å². The summed E-state index contributed by atoms with van der Waals surface area (Å²) in [6.45, 7) is 1.86. The molecule has 1 amide bonds. The molecule has 0 unspecified atom stereocenters. The third kappa shape index (κ3) is 3.57. The maximum atomic E-state index is 11.8. The van der Waals surface area contributed by atoms with E-state index in [9.17, 15) is 4.79 Å². The minimum Gasteiger partial charge on any atom is -0.388 e. The zero-order chi connectivity index (χ0) is 15.4. The number of aryl methyl sites for hydroxylation is 1.